The van der Waals surface area contributed by atoms with E-state index in [1.54, 1.807) is 0 Å². The van der Waals surface area contributed by atoms with E-state index in [4.69, 9.17) is 0 Å². The van der Waals surface area contributed by atoms with Crippen LogP contribution in [0.25, 0.3) is 0 Å². The number of anilines is 1. The quantitative estimate of drug-likeness (QED) is 0.664. The van der Waals surface area contributed by atoms with Gasteiger partial charge < -0.3 is 16.0 Å². The van der Waals surface area contributed by atoms with Gasteiger partial charge in [-0.3, -0.25) is 9.59 Å². The van der Waals surface area contributed by atoms with Crippen LogP contribution in [0.5, 0.6) is 0 Å². The molecule has 0 unspecified atom stereocenters. The van der Waals surface area contributed by atoms with Crippen LogP contribution in [-0.2, 0) is 16.1 Å². The molecule has 0 aliphatic heterocycles. The van der Waals surface area contributed by atoms with Gasteiger partial charge in [-0.2, -0.15) is 0 Å². The Balaban J connectivity index is 2.38. The Morgan fingerprint density at radius 1 is 1.20 bits per heavy atom. The lowest BCUT2D eigenvalue weighted by Crippen LogP contribution is -2.32. The van der Waals surface area contributed by atoms with Gasteiger partial charge in [0.2, 0.25) is 11.8 Å². The van der Waals surface area contributed by atoms with Crippen LogP contribution in [0.1, 0.15) is 32.8 Å². The highest BCUT2D eigenvalue weighted by molar-refractivity contribution is 5.89. The minimum atomic E-state index is -0.0891. The molecule has 0 radical (unpaired) electrons. The van der Waals surface area contributed by atoms with Gasteiger partial charge in [0.05, 0.1) is 0 Å². The zero-order valence-electron chi connectivity index (χ0n) is 12.3. The van der Waals surface area contributed by atoms with Gasteiger partial charge in [0, 0.05) is 38.2 Å². The fraction of sp³-hybridized carbons (Fsp3) is 0.467. The maximum atomic E-state index is 11.5. The Hall–Kier alpha value is -1.88. The Morgan fingerprint density at radius 2 is 1.90 bits per heavy atom. The van der Waals surface area contributed by atoms with Crippen LogP contribution in [0.4, 0.5) is 5.69 Å². The monoisotopic (exact) mass is 277 g/mol. The van der Waals surface area contributed by atoms with Crippen molar-refractivity contribution in [3.05, 3.63) is 29.8 Å². The molecular formula is C15H23N3O2. The summed E-state index contributed by atoms with van der Waals surface area (Å²) in [6, 6.07) is 7.79. The molecule has 0 saturated heterocycles. The first-order valence-corrected chi connectivity index (χ1v) is 6.84. The van der Waals surface area contributed by atoms with Gasteiger partial charge >= 0.3 is 0 Å². The lowest BCUT2D eigenvalue weighted by atomic mass is 10.1. The molecule has 0 spiro atoms. The van der Waals surface area contributed by atoms with E-state index < -0.39 is 0 Å². The number of nitrogens with one attached hydrogen (secondary N) is 3. The summed E-state index contributed by atoms with van der Waals surface area (Å²) < 4.78 is 0. The molecule has 0 heterocycles. The van der Waals surface area contributed by atoms with Gasteiger partial charge in [0.25, 0.3) is 0 Å². The van der Waals surface area contributed by atoms with E-state index in [2.05, 4.69) is 16.0 Å². The molecule has 5 heteroatoms. The van der Waals surface area contributed by atoms with Gasteiger partial charge in [-0.05, 0) is 25.5 Å². The third-order valence-electron chi connectivity index (χ3n) is 2.62. The lowest BCUT2D eigenvalue weighted by Gasteiger charge is -2.11. The van der Waals surface area contributed by atoms with Crippen LogP contribution < -0.4 is 16.0 Å². The van der Waals surface area contributed by atoms with Crippen LogP contribution in [0.3, 0.4) is 0 Å². The predicted octanol–water partition coefficient (Wildman–Crippen LogP) is 1.65. The first kappa shape index (κ1) is 16.2. The molecule has 0 aliphatic carbocycles. The second-order valence-corrected chi connectivity index (χ2v) is 4.99. The van der Waals surface area contributed by atoms with Gasteiger partial charge in [-0.15, -0.1) is 0 Å². The second-order valence-electron chi connectivity index (χ2n) is 4.99. The SMILES string of the molecule is CC(=O)Nc1ccccc1CNCCC(=O)NC(C)C. The highest BCUT2D eigenvalue weighted by atomic mass is 16.2. The average molecular weight is 277 g/mol. The van der Waals surface area contributed by atoms with Crippen LogP contribution >= 0.6 is 0 Å². The fourth-order valence-corrected chi connectivity index (χ4v) is 1.81. The summed E-state index contributed by atoms with van der Waals surface area (Å²) in [6.45, 7) is 6.59. The minimum Gasteiger partial charge on any atom is -0.354 e. The molecule has 110 valence electrons. The van der Waals surface area contributed by atoms with Crippen molar-refractivity contribution in [3.8, 4) is 0 Å². The number of rotatable bonds is 7. The summed E-state index contributed by atoms with van der Waals surface area (Å²) >= 11 is 0. The number of carbonyl (C=O) groups excluding carboxylic acids is 2. The largest absolute Gasteiger partial charge is 0.354 e. The van der Waals surface area contributed by atoms with Crippen LogP contribution in [0.2, 0.25) is 0 Å². The molecule has 0 aromatic heterocycles. The van der Waals surface area contributed by atoms with Crippen LogP contribution in [0.15, 0.2) is 24.3 Å². The first-order valence-electron chi connectivity index (χ1n) is 6.84. The molecule has 0 bridgehead atoms. The highest BCUT2D eigenvalue weighted by Gasteiger charge is 2.05. The Kier molecular flexibility index (Phi) is 6.73. The molecule has 5 nitrogen and oxygen atoms in total. The molecule has 0 fully saturated rings. The molecule has 0 atom stereocenters. The third kappa shape index (κ3) is 6.33. The maximum Gasteiger partial charge on any atom is 0.221 e. The third-order valence-corrected chi connectivity index (χ3v) is 2.62. The van der Waals surface area contributed by atoms with E-state index in [0.717, 1.165) is 11.3 Å². The molecular weight excluding hydrogens is 254 g/mol. The van der Waals surface area contributed by atoms with Crippen molar-refractivity contribution < 1.29 is 9.59 Å². The molecule has 2 amide bonds. The molecule has 0 saturated carbocycles. The summed E-state index contributed by atoms with van der Waals surface area (Å²) in [5, 5.41) is 8.84. The molecule has 1 rings (SSSR count). The van der Waals surface area contributed by atoms with Gasteiger partial charge in [-0.1, -0.05) is 18.2 Å². The summed E-state index contributed by atoms with van der Waals surface area (Å²) in [5.41, 5.74) is 1.81. The van der Waals surface area contributed by atoms with Crippen molar-refractivity contribution in [2.45, 2.75) is 39.8 Å². The summed E-state index contributed by atoms with van der Waals surface area (Å²) in [5.74, 6) is -0.0450. The smallest absolute Gasteiger partial charge is 0.221 e. The molecule has 0 aliphatic rings. The minimum absolute atomic E-state index is 0.0441. The Morgan fingerprint density at radius 3 is 2.55 bits per heavy atom. The topological polar surface area (TPSA) is 70.2 Å². The van der Waals surface area contributed by atoms with Crippen molar-refractivity contribution in [1.29, 1.82) is 0 Å². The van der Waals surface area contributed by atoms with E-state index >= 15 is 0 Å². The van der Waals surface area contributed by atoms with E-state index in [9.17, 15) is 9.59 Å². The summed E-state index contributed by atoms with van der Waals surface area (Å²) in [6.07, 6.45) is 0.445. The van der Waals surface area contributed by atoms with Crippen molar-refractivity contribution >= 4 is 17.5 Å². The number of carbonyl (C=O) groups is 2. The van der Waals surface area contributed by atoms with Crippen molar-refractivity contribution in [2.75, 3.05) is 11.9 Å². The maximum absolute atomic E-state index is 11.5. The fourth-order valence-electron chi connectivity index (χ4n) is 1.81. The Labute approximate surface area is 120 Å². The number of hydrogen-bond acceptors (Lipinski definition) is 3. The summed E-state index contributed by atoms with van der Waals surface area (Å²) in [4.78, 5) is 22.6. The predicted molar refractivity (Wildman–Crippen MR) is 80.3 cm³/mol. The van der Waals surface area contributed by atoms with Crippen molar-refractivity contribution in [1.82, 2.24) is 10.6 Å². The van der Waals surface area contributed by atoms with Crippen molar-refractivity contribution in [3.63, 3.8) is 0 Å². The van der Waals surface area contributed by atoms with E-state index in [-0.39, 0.29) is 17.9 Å². The normalized spacial score (nSPS) is 10.4. The standard InChI is InChI=1S/C15H23N3O2/c1-11(2)17-15(20)8-9-16-10-13-6-4-5-7-14(13)18-12(3)19/h4-7,11,16H,8-10H2,1-3H3,(H,17,20)(H,18,19). The Bertz CT molecular complexity index is 458. The molecule has 3 N–H and O–H groups in total. The van der Waals surface area contributed by atoms with Gasteiger partial charge in [0.1, 0.15) is 0 Å². The van der Waals surface area contributed by atoms with E-state index in [1.807, 2.05) is 38.1 Å². The highest BCUT2D eigenvalue weighted by Crippen LogP contribution is 2.14. The van der Waals surface area contributed by atoms with Crippen LogP contribution in [0, 0.1) is 0 Å². The van der Waals surface area contributed by atoms with E-state index in [0.29, 0.717) is 19.5 Å². The van der Waals surface area contributed by atoms with E-state index in [1.165, 1.54) is 6.92 Å². The lowest BCUT2D eigenvalue weighted by molar-refractivity contribution is -0.121. The second kappa shape index (κ2) is 8.32. The number of hydrogen-bond donors (Lipinski definition) is 3. The number of amides is 2. The zero-order chi connectivity index (χ0) is 15.0. The zero-order valence-corrected chi connectivity index (χ0v) is 12.3. The molecule has 1 aromatic carbocycles. The van der Waals surface area contributed by atoms with Gasteiger partial charge in [0.15, 0.2) is 0 Å². The van der Waals surface area contributed by atoms with Crippen molar-refractivity contribution in [2.24, 2.45) is 0 Å². The molecule has 20 heavy (non-hydrogen) atoms. The first-order chi connectivity index (χ1) is 9.49. The molecule has 1 aromatic rings. The van der Waals surface area contributed by atoms with Gasteiger partial charge in [-0.25, -0.2) is 0 Å². The average Bonchev–Trinajstić information content (AvgIpc) is 2.35. The summed E-state index contributed by atoms with van der Waals surface area (Å²) in [7, 11) is 0. The number of benzene rings is 1. The van der Waals surface area contributed by atoms with Crippen LogP contribution in [-0.4, -0.2) is 24.4 Å². The number of para-hydroxylation sites is 1.